The summed E-state index contributed by atoms with van der Waals surface area (Å²) < 4.78 is 0. The quantitative estimate of drug-likeness (QED) is 0.814. The van der Waals surface area contributed by atoms with Gasteiger partial charge in [0.1, 0.15) is 0 Å². The fraction of sp³-hybridized carbons (Fsp3) is 0.545. The number of aromatic nitrogens is 2. The Morgan fingerprint density at radius 1 is 0.963 bits per heavy atom. The zero-order valence-corrected chi connectivity index (χ0v) is 16.7. The summed E-state index contributed by atoms with van der Waals surface area (Å²) in [5.41, 5.74) is 5.24. The number of piperazine rings is 1. The van der Waals surface area contributed by atoms with Crippen molar-refractivity contribution in [3.63, 3.8) is 0 Å². The first kappa shape index (κ1) is 18.4. The molecular formula is C22H31N5. The summed E-state index contributed by atoms with van der Waals surface area (Å²) in [6, 6.07) is 8.87. The van der Waals surface area contributed by atoms with Crippen molar-refractivity contribution in [2.75, 3.05) is 44.2 Å². The number of benzene rings is 1. The molecule has 1 saturated heterocycles. The lowest BCUT2D eigenvalue weighted by Crippen LogP contribution is -2.47. The van der Waals surface area contributed by atoms with E-state index < -0.39 is 0 Å². The first-order valence-corrected chi connectivity index (χ1v) is 10.3. The van der Waals surface area contributed by atoms with Gasteiger partial charge in [-0.3, -0.25) is 9.80 Å². The molecule has 5 heteroatoms. The van der Waals surface area contributed by atoms with E-state index in [9.17, 15) is 0 Å². The number of aryl methyl sites for hydroxylation is 1. The molecule has 144 valence electrons. The molecule has 0 bridgehead atoms. The Labute approximate surface area is 163 Å². The molecule has 1 aromatic carbocycles. The van der Waals surface area contributed by atoms with Gasteiger partial charge in [0.25, 0.3) is 0 Å². The van der Waals surface area contributed by atoms with E-state index in [0.717, 1.165) is 58.2 Å². The first-order valence-electron chi connectivity index (χ1n) is 10.3. The molecule has 0 aliphatic carbocycles. The normalized spacial score (nSPS) is 18.5. The van der Waals surface area contributed by atoms with E-state index in [1.807, 2.05) is 0 Å². The minimum Gasteiger partial charge on any atom is -0.338 e. The van der Waals surface area contributed by atoms with E-state index in [-0.39, 0.29) is 0 Å². The summed E-state index contributed by atoms with van der Waals surface area (Å²) >= 11 is 0. The third-order valence-electron chi connectivity index (χ3n) is 5.72. The van der Waals surface area contributed by atoms with Crippen molar-refractivity contribution in [1.29, 1.82) is 0 Å². The summed E-state index contributed by atoms with van der Waals surface area (Å²) in [6.45, 7) is 12.9. The SMILES string of the molecule is CCCN1CCN(c2ncc3c(n2)CCN(Cc2ccc(C)cc2)C3)CC1. The van der Waals surface area contributed by atoms with Crippen LogP contribution in [0.4, 0.5) is 5.95 Å². The number of nitrogens with zero attached hydrogens (tertiary/aromatic N) is 5. The van der Waals surface area contributed by atoms with Crippen molar-refractivity contribution in [3.05, 3.63) is 52.8 Å². The zero-order valence-electron chi connectivity index (χ0n) is 16.7. The van der Waals surface area contributed by atoms with E-state index in [1.54, 1.807) is 0 Å². The molecule has 3 heterocycles. The molecule has 2 aliphatic heterocycles. The van der Waals surface area contributed by atoms with Crippen molar-refractivity contribution < 1.29 is 0 Å². The van der Waals surface area contributed by atoms with Gasteiger partial charge < -0.3 is 4.90 Å². The van der Waals surface area contributed by atoms with Crippen molar-refractivity contribution in [2.24, 2.45) is 0 Å². The topological polar surface area (TPSA) is 35.5 Å². The largest absolute Gasteiger partial charge is 0.338 e. The molecule has 0 atom stereocenters. The highest BCUT2D eigenvalue weighted by molar-refractivity contribution is 5.35. The van der Waals surface area contributed by atoms with Gasteiger partial charge in [-0.1, -0.05) is 36.8 Å². The second-order valence-electron chi connectivity index (χ2n) is 7.92. The summed E-state index contributed by atoms with van der Waals surface area (Å²) in [5.74, 6) is 0.928. The summed E-state index contributed by atoms with van der Waals surface area (Å²) in [6.07, 6.45) is 4.32. The van der Waals surface area contributed by atoms with Crippen LogP contribution in [0.15, 0.2) is 30.5 Å². The molecule has 4 rings (SSSR count). The van der Waals surface area contributed by atoms with Crippen LogP contribution in [0.1, 0.15) is 35.7 Å². The zero-order chi connectivity index (χ0) is 18.6. The molecule has 0 N–H and O–H groups in total. The van der Waals surface area contributed by atoms with Gasteiger partial charge in [-0.25, -0.2) is 9.97 Å². The minimum atomic E-state index is 0.928. The van der Waals surface area contributed by atoms with Crippen molar-refractivity contribution in [3.8, 4) is 0 Å². The summed E-state index contributed by atoms with van der Waals surface area (Å²) in [4.78, 5) is 17.0. The number of hydrogen-bond donors (Lipinski definition) is 0. The highest BCUT2D eigenvalue weighted by Crippen LogP contribution is 2.21. The van der Waals surface area contributed by atoms with Gasteiger partial charge in [0.05, 0.1) is 5.69 Å². The van der Waals surface area contributed by atoms with Crippen molar-refractivity contribution in [1.82, 2.24) is 19.8 Å². The lowest BCUT2D eigenvalue weighted by molar-refractivity contribution is 0.242. The molecular weight excluding hydrogens is 334 g/mol. The van der Waals surface area contributed by atoms with Crippen LogP contribution in [0, 0.1) is 6.92 Å². The van der Waals surface area contributed by atoms with E-state index in [2.05, 4.69) is 59.0 Å². The maximum Gasteiger partial charge on any atom is 0.225 e. The first-order chi connectivity index (χ1) is 13.2. The van der Waals surface area contributed by atoms with E-state index in [0.29, 0.717) is 0 Å². The average Bonchev–Trinajstić information content (AvgIpc) is 2.70. The van der Waals surface area contributed by atoms with Crippen LogP contribution in [0.25, 0.3) is 0 Å². The standard InChI is InChI=1S/C22H31N5/c1-3-9-25-11-13-27(14-12-25)22-23-15-20-17-26(10-8-21(20)24-22)16-19-6-4-18(2)5-7-19/h4-7,15H,3,8-14,16-17H2,1-2H3. The fourth-order valence-electron chi connectivity index (χ4n) is 4.09. The third-order valence-corrected chi connectivity index (χ3v) is 5.72. The van der Waals surface area contributed by atoms with Crippen LogP contribution >= 0.6 is 0 Å². The molecule has 27 heavy (non-hydrogen) atoms. The van der Waals surface area contributed by atoms with Gasteiger partial charge in [-0.05, 0) is 25.5 Å². The van der Waals surface area contributed by atoms with E-state index in [1.165, 1.54) is 35.3 Å². The predicted octanol–water partition coefficient (Wildman–Crippen LogP) is 2.88. The van der Waals surface area contributed by atoms with Crippen molar-refractivity contribution >= 4 is 5.95 Å². The Morgan fingerprint density at radius 2 is 1.74 bits per heavy atom. The van der Waals surface area contributed by atoms with Crippen LogP contribution in [-0.2, 0) is 19.5 Å². The molecule has 0 amide bonds. The molecule has 0 saturated carbocycles. The second-order valence-corrected chi connectivity index (χ2v) is 7.92. The summed E-state index contributed by atoms with van der Waals surface area (Å²) in [5, 5.41) is 0. The molecule has 0 spiro atoms. The van der Waals surface area contributed by atoms with Crippen LogP contribution in [0.3, 0.4) is 0 Å². The maximum absolute atomic E-state index is 4.93. The Balaban J connectivity index is 1.37. The molecule has 5 nitrogen and oxygen atoms in total. The molecule has 0 unspecified atom stereocenters. The van der Waals surface area contributed by atoms with Crippen molar-refractivity contribution in [2.45, 2.75) is 39.8 Å². The monoisotopic (exact) mass is 365 g/mol. The van der Waals surface area contributed by atoms with Gasteiger partial charge in [-0.2, -0.15) is 0 Å². The molecule has 2 aromatic rings. The van der Waals surface area contributed by atoms with Gasteiger partial charge >= 0.3 is 0 Å². The van der Waals surface area contributed by atoms with Crippen LogP contribution in [0.5, 0.6) is 0 Å². The number of anilines is 1. The molecule has 1 aromatic heterocycles. The molecule has 2 aliphatic rings. The Bertz CT molecular complexity index is 750. The Kier molecular flexibility index (Phi) is 5.69. The van der Waals surface area contributed by atoms with E-state index in [4.69, 9.17) is 9.97 Å². The number of hydrogen-bond acceptors (Lipinski definition) is 5. The van der Waals surface area contributed by atoms with Gasteiger partial charge in [0.2, 0.25) is 5.95 Å². The number of fused-ring (bicyclic) bond motifs is 1. The van der Waals surface area contributed by atoms with Gasteiger partial charge in [-0.15, -0.1) is 0 Å². The Hall–Kier alpha value is -1.98. The maximum atomic E-state index is 4.93. The van der Waals surface area contributed by atoms with Gasteiger partial charge in [0, 0.05) is 64.0 Å². The molecule has 1 fully saturated rings. The highest BCUT2D eigenvalue weighted by atomic mass is 15.3. The summed E-state index contributed by atoms with van der Waals surface area (Å²) in [7, 11) is 0. The van der Waals surface area contributed by atoms with Gasteiger partial charge in [0.15, 0.2) is 0 Å². The smallest absolute Gasteiger partial charge is 0.225 e. The fourth-order valence-corrected chi connectivity index (χ4v) is 4.09. The average molecular weight is 366 g/mol. The Morgan fingerprint density at radius 3 is 2.48 bits per heavy atom. The second kappa shape index (κ2) is 8.36. The minimum absolute atomic E-state index is 0.928. The lowest BCUT2D eigenvalue weighted by atomic mass is 10.1. The third kappa shape index (κ3) is 4.47. The highest BCUT2D eigenvalue weighted by Gasteiger charge is 2.22. The van der Waals surface area contributed by atoms with E-state index >= 15 is 0 Å². The molecule has 0 radical (unpaired) electrons. The van der Waals surface area contributed by atoms with Crippen LogP contribution in [-0.4, -0.2) is 59.0 Å². The van der Waals surface area contributed by atoms with Crippen LogP contribution in [0.2, 0.25) is 0 Å². The lowest BCUT2D eigenvalue weighted by Gasteiger charge is -2.35. The number of rotatable bonds is 5. The van der Waals surface area contributed by atoms with Crippen LogP contribution < -0.4 is 4.90 Å². The predicted molar refractivity (Wildman–Crippen MR) is 110 cm³/mol.